The molecule has 1 aromatic carbocycles. The van der Waals surface area contributed by atoms with Gasteiger partial charge in [-0.25, -0.2) is 0 Å². The van der Waals surface area contributed by atoms with Gasteiger partial charge in [-0.3, -0.25) is 14.5 Å². The molecule has 2 heterocycles. The first-order valence-corrected chi connectivity index (χ1v) is 13.8. The SMILES string of the molecule is CC/C(=C\c1ccc(O)cc1Cl)CC[C@H]1OC[C@H]2C1=C(CO)C[C@H]1C(=O)N(C3CCCCC3)C(=O)[C@H]12. The highest BCUT2D eigenvalue weighted by Crippen LogP contribution is 2.50. The van der Waals surface area contributed by atoms with E-state index in [0.29, 0.717) is 18.1 Å². The highest BCUT2D eigenvalue weighted by atomic mass is 35.5. The van der Waals surface area contributed by atoms with Gasteiger partial charge in [-0.1, -0.05) is 49.4 Å². The molecule has 4 atom stereocenters. The van der Waals surface area contributed by atoms with E-state index in [2.05, 4.69) is 13.0 Å². The van der Waals surface area contributed by atoms with E-state index in [-0.39, 0.29) is 54.1 Å². The number of aliphatic hydroxyl groups excluding tert-OH is 1. The van der Waals surface area contributed by atoms with Crippen LogP contribution in [0.2, 0.25) is 5.02 Å². The number of fused-ring (bicyclic) bond motifs is 3. The predicted molar refractivity (Wildman–Crippen MR) is 138 cm³/mol. The van der Waals surface area contributed by atoms with Crippen molar-refractivity contribution >= 4 is 29.5 Å². The van der Waals surface area contributed by atoms with Gasteiger partial charge in [0.1, 0.15) is 5.75 Å². The molecule has 0 radical (unpaired) electrons. The molecule has 3 fully saturated rings. The van der Waals surface area contributed by atoms with Crippen LogP contribution < -0.4 is 0 Å². The third-order valence-corrected chi connectivity index (χ3v) is 9.03. The maximum atomic E-state index is 13.6. The van der Waals surface area contributed by atoms with Crippen LogP contribution in [0, 0.1) is 17.8 Å². The predicted octanol–water partition coefficient (Wildman–Crippen LogP) is 5.26. The monoisotopic (exact) mass is 513 g/mol. The van der Waals surface area contributed by atoms with E-state index in [1.807, 2.05) is 6.07 Å². The van der Waals surface area contributed by atoms with E-state index in [9.17, 15) is 19.8 Å². The maximum Gasteiger partial charge on any atom is 0.234 e. The van der Waals surface area contributed by atoms with Crippen LogP contribution in [0.5, 0.6) is 5.75 Å². The van der Waals surface area contributed by atoms with Crippen molar-refractivity contribution < 1.29 is 24.5 Å². The second-order valence-electron chi connectivity index (χ2n) is 10.7. The van der Waals surface area contributed by atoms with E-state index >= 15 is 0 Å². The van der Waals surface area contributed by atoms with E-state index in [1.165, 1.54) is 12.0 Å². The number of carbonyl (C=O) groups excluding carboxylic acids is 2. The molecule has 2 saturated heterocycles. The first-order valence-electron chi connectivity index (χ1n) is 13.4. The molecule has 2 aliphatic heterocycles. The van der Waals surface area contributed by atoms with Gasteiger partial charge in [0, 0.05) is 12.0 Å². The van der Waals surface area contributed by atoms with Crippen molar-refractivity contribution in [3.63, 3.8) is 0 Å². The lowest BCUT2D eigenvalue weighted by atomic mass is 9.69. The minimum Gasteiger partial charge on any atom is -0.508 e. The van der Waals surface area contributed by atoms with Gasteiger partial charge < -0.3 is 14.9 Å². The topological polar surface area (TPSA) is 87.1 Å². The standard InChI is InChI=1S/C29H36ClNO5/c1-2-17(12-18-9-10-21(33)14-24(18)30)8-11-25-26-19(15-32)13-22-27(23(26)16-36-25)29(35)31(28(22)34)20-6-4-3-5-7-20/h9-10,12,14,20,22-23,25,27,32-33H,2-8,11,13,15-16H2,1H3/b17-12+/t22-,23+,25-,27-/m1/s1. The third kappa shape index (κ3) is 4.64. The average Bonchev–Trinajstić information content (AvgIpc) is 3.41. The number of aliphatic hydroxyl groups is 1. The van der Waals surface area contributed by atoms with Crippen LogP contribution in [0.25, 0.3) is 6.08 Å². The number of carbonyl (C=O) groups is 2. The van der Waals surface area contributed by atoms with Gasteiger partial charge in [-0.2, -0.15) is 0 Å². The Labute approximate surface area is 218 Å². The first kappa shape index (κ1) is 25.5. The van der Waals surface area contributed by atoms with E-state index in [1.54, 1.807) is 17.0 Å². The molecular formula is C29H36ClNO5. The molecule has 0 spiro atoms. The summed E-state index contributed by atoms with van der Waals surface area (Å²) in [5.74, 6) is -0.751. The molecule has 2 aliphatic carbocycles. The number of ether oxygens (including phenoxy) is 1. The van der Waals surface area contributed by atoms with Crippen molar-refractivity contribution in [3.05, 3.63) is 45.5 Å². The number of halogens is 1. The third-order valence-electron chi connectivity index (χ3n) is 8.70. The van der Waals surface area contributed by atoms with Crippen molar-refractivity contribution in [2.45, 2.75) is 76.9 Å². The van der Waals surface area contributed by atoms with Crippen molar-refractivity contribution in [3.8, 4) is 5.75 Å². The van der Waals surface area contributed by atoms with Crippen LogP contribution >= 0.6 is 11.6 Å². The summed E-state index contributed by atoms with van der Waals surface area (Å²) in [4.78, 5) is 28.6. The summed E-state index contributed by atoms with van der Waals surface area (Å²) in [6, 6.07) is 5.01. The van der Waals surface area contributed by atoms with Crippen molar-refractivity contribution in [2.24, 2.45) is 17.8 Å². The quantitative estimate of drug-likeness (QED) is 0.383. The van der Waals surface area contributed by atoms with Gasteiger partial charge in [0.2, 0.25) is 11.8 Å². The summed E-state index contributed by atoms with van der Waals surface area (Å²) in [5.41, 5.74) is 4.03. The highest BCUT2D eigenvalue weighted by molar-refractivity contribution is 6.32. The Hall–Kier alpha value is -2.15. The molecule has 0 bridgehead atoms. The minimum absolute atomic E-state index is 0.0169. The Bertz CT molecular complexity index is 1090. The Balaban J connectivity index is 1.33. The maximum absolute atomic E-state index is 13.6. The fraction of sp³-hybridized carbons (Fsp3) is 0.586. The number of hydrogen-bond donors (Lipinski definition) is 2. The lowest BCUT2D eigenvalue weighted by Gasteiger charge is -2.31. The number of aromatic hydroxyl groups is 1. The highest BCUT2D eigenvalue weighted by Gasteiger charge is 2.58. The van der Waals surface area contributed by atoms with E-state index in [0.717, 1.165) is 61.7 Å². The Morgan fingerprint density at radius 2 is 1.94 bits per heavy atom. The van der Waals surface area contributed by atoms with Crippen LogP contribution in [0.3, 0.4) is 0 Å². The van der Waals surface area contributed by atoms with Gasteiger partial charge in [-0.05, 0) is 73.4 Å². The molecule has 7 heteroatoms. The molecule has 36 heavy (non-hydrogen) atoms. The molecule has 0 aromatic heterocycles. The fourth-order valence-electron chi connectivity index (χ4n) is 6.86. The summed E-state index contributed by atoms with van der Waals surface area (Å²) in [5, 5.41) is 20.4. The van der Waals surface area contributed by atoms with Gasteiger partial charge in [0.05, 0.1) is 36.2 Å². The zero-order valence-electron chi connectivity index (χ0n) is 20.9. The number of allylic oxidation sites excluding steroid dienone is 1. The number of hydrogen-bond acceptors (Lipinski definition) is 5. The molecule has 194 valence electrons. The van der Waals surface area contributed by atoms with Gasteiger partial charge >= 0.3 is 0 Å². The number of amides is 2. The second kappa shape index (κ2) is 10.7. The average molecular weight is 514 g/mol. The van der Waals surface area contributed by atoms with Crippen LogP contribution in [-0.4, -0.2) is 52.3 Å². The lowest BCUT2D eigenvalue weighted by Crippen LogP contribution is -2.42. The molecule has 2 N–H and O–H groups in total. The van der Waals surface area contributed by atoms with Crippen molar-refractivity contribution in [1.29, 1.82) is 0 Å². The number of benzene rings is 1. The minimum atomic E-state index is -0.361. The molecule has 1 aromatic rings. The zero-order valence-corrected chi connectivity index (χ0v) is 21.7. The number of nitrogens with zero attached hydrogens (tertiary/aromatic N) is 1. The van der Waals surface area contributed by atoms with Crippen molar-refractivity contribution in [2.75, 3.05) is 13.2 Å². The van der Waals surface area contributed by atoms with Crippen molar-refractivity contribution in [1.82, 2.24) is 4.90 Å². The van der Waals surface area contributed by atoms with Crippen LogP contribution in [-0.2, 0) is 14.3 Å². The lowest BCUT2D eigenvalue weighted by molar-refractivity contribution is -0.143. The zero-order chi connectivity index (χ0) is 25.4. The molecule has 1 saturated carbocycles. The summed E-state index contributed by atoms with van der Waals surface area (Å²) < 4.78 is 6.25. The largest absolute Gasteiger partial charge is 0.508 e. The first-order chi connectivity index (χ1) is 17.4. The van der Waals surface area contributed by atoms with Gasteiger partial charge in [0.15, 0.2) is 0 Å². The smallest absolute Gasteiger partial charge is 0.234 e. The Morgan fingerprint density at radius 1 is 1.17 bits per heavy atom. The summed E-state index contributed by atoms with van der Waals surface area (Å²) in [6.07, 6.45) is 9.89. The van der Waals surface area contributed by atoms with E-state index in [4.69, 9.17) is 16.3 Å². The van der Waals surface area contributed by atoms with E-state index < -0.39 is 0 Å². The second-order valence-corrected chi connectivity index (χ2v) is 11.1. The summed E-state index contributed by atoms with van der Waals surface area (Å²) in [6.45, 7) is 2.43. The van der Waals surface area contributed by atoms with Crippen LogP contribution in [0.15, 0.2) is 34.9 Å². The van der Waals surface area contributed by atoms with Gasteiger partial charge in [-0.15, -0.1) is 0 Å². The number of phenolic OH excluding ortho intramolecular Hbond substituents is 1. The molecule has 2 amide bonds. The number of likely N-dealkylation sites (tertiary alicyclic amines) is 1. The van der Waals surface area contributed by atoms with Gasteiger partial charge in [0.25, 0.3) is 0 Å². The molecule has 6 nitrogen and oxygen atoms in total. The summed E-state index contributed by atoms with van der Waals surface area (Å²) >= 11 is 6.30. The number of imide groups is 1. The Kier molecular flexibility index (Phi) is 7.57. The molecule has 4 aliphatic rings. The fourth-order valence-corrected chi connectivity index (χ4v) is 7.09. The van der Waals surface area contributed by atoms with Crippen LogP contribution in [0.4, 0.5) is 0 Å². The number of rotatable bonds is 7. The van der Waals surface area contributed by atoms with Crippen LogP contribution in [0.1, 0.15) is 70.3 Å². The molecule has 0 unspecified atom stereocenters. The normalized spacial score (nSPS) is 29.2. The summed E-state index contributed by atoms with van der Waals surface area (Å²) in [7, 11) is 0. The molecular weight excluding hydrogens is 478 g/mol. The molecule has 5 rings (SSSR count). The Morgan fingerprint density at radius 3 is 2.64 bits per heavy atom. The number of phenols is 1.